The normalized spacial score (nSPS) is 13.7. The van der Waals surface area contributed by atoms with Crippen LogP contribution in [0.15, 0.2) is 72.9 Å². The molecular formula is C38H48F2N4O5S. The molecule has 0 saturated carbocycles. The van der Waals surface area contributed by atoms with Crippen LogP contribution < -0.4 is 16.0 Å². The number of aromatic amines is 1. The summed E-state index contributed by atoms with van der Waals surface area (Å²) in [6, 6.07) is 15.0. The molecule has 5 N–H and O–H groups in total. The van der Waals surface area contributed by atoms with Gasteiger partial charge in [0.05, 0.1) is 23.1 Å². The number of halogens is 2. The van der Waals surface area contributed by atoms with E-state index in [-0.39, 0.29) is 24.1 Å². The number of rotatable bonds is 19. The maximum absolute atomic E-state index is 14.2. The van der Waals surface area contributed by atoms with Crippen molar-refractivity contribution in [1.29, 1.82) is 0 Å². The van der Waals surface area contributed by atoms with E-state index < -0.39 is 62.5 Å². The fourth-order valence-corrected chi connectivity index (χ4v) is 8.31. The Hall–Kier alpha value is -4.13. The highest BCUT2D eigenvalue weighted by Gasteiger charge is 2.34. The van der Waals surface area contributed by atoms with Crippen molar-refractivity contribution in [2.24, 2.45) is 0 Å². The lowest BCUT2D eigenvalue weighted by molar-refractivity contribution is -0.124. The standard InChI is InChI=1S/C38H48F2N4O5S/c1-4-8-32(9-5-2)50(48,49)24-35(44-37(46)29-13-12-28-14-15-42-33(28)20-29)38(47)43-34(19-27-17-30(39)21-31(40)18-27)36(45)23-41-22-26-11-7-10-25(6-3)16-26/h7,10-18,20-21,32,34-36,41-42,45H,4-6,8-9,19,22-24H2,1-3H3,(H,43,47)(H,44,46)/t34-,35?,36+/m0/s1. The van der Waals surface area contributed by atoms with Gasteiger partial charge in [-0.25, -0.2) is 17.2 Å². The van der Waals surface area contributed by atoms with Crippen LogP contribution in [0.1, 0.15) is 73.5 Å². The van der Waals surface area contributed by atoms with Gasteiger partial charge in [0, 0.05) is 36.4 Å². The Labute approximate surface area is 293 Å². The van der Waals surface area contributed by atoms with E-state index in [2.05, 4.69) is 20.9 Å². The summed E-state index contributed by atoms with van der Waals surface area (Å²) >= 11 is 0. The molecule has 0 aliphatic rings. The number of sulfone groups is 1. The molecule has 9 nitrogen and oxygen atoms in total. The van der Waals surface area contributed by atoms with Crippen LogP contribution in [0, 0.1) is 11.6 Å². The van der Waals surface area contributed by atoms with Gasteiger partial charge >= 0.3 is 0 Å². The zero-order valence-corrected chi connectivity index (χ0v) is 29.7. The fraction of sp³-hybridized carbons (Fsp3) is 0.421. The minimum Gasteiger partial charge on any atom is -0.390 e. The SMILES string of the molecule is CCCC(CCC)S(=O)(=O)CC(NC(=O)c1ccc2cc[nH]c2c1)C(=O)N[C@@H](Cc1cc(F)cc(F)c1)[C@H](O)CNCc1cccc(CC)c1. The summed E-state index contributed by atoms with van der Waals surface area (Å²) < 4.78 is 55.8. The van der Waals surface area contributed by atoms with Crippen molar-refractivity contribution in [2.75, 3.05) is 12.3 Å². The number of hydrogen-bond donors (Lipinski definition) is 5. The summed E-state index contributed by atoms with van der Waals surface area (Å²) in [4.78, 5) is 30.6. The van der Waals surface area contributed by atoms with E-state index >= 15 is 0 Å². The number of carbonyl (C=O) groups is 2. The summed E-state index contributed by atoms with van der Waals surface area (Å²) in [5, 5.41) is 20.0. The van der Waals surface area contributed by atoms with Crippen LogP contribution in [0.2, 0.25) is 0 Å². The van der Waals surface area contributed by atoms with Crippen molar-refractivity contribution < 1.29 is 31.9 Å². The Morgan fingerprint density at radius 3 is 2.24 bits per heavy atom. The van der Waals surface area contributed by atoms with Gasteiger partial charge in [-0.3, -0.25) is 9.59 Å². The van der Waals surface area contributed by atoms with E-state index in [1.807, 2.05) is 51.1 Å². The van der Waals surface area contributed by atoms with Crippen LogP contribution in [0.4, 0.5) is 8.78 Å². The van der Waals surface area contributed by atoms with Crippen molar-refractivity contribution in [3.05, 3.63) is 107 Å². The summed E-state index contributed by atoms with van der Waals surface area (Å²) in [5.74, 6) is -3.79. The second kappa shape index (κ2) is 18.2. The molecule has 0 radical (unpaired) electrons. The van der Waals surface area contributed by atoms with Gasteiger partial charge in [-0.05, 0) is 78.1 Å². The maximum Gasteiger partial charge on any atom is 0.252 e. The summed E-state index contributed by atoms with van der Waals surface area (Å²) in [6.45, 7) is 6.24. The van der Waals surface area contributed by atoms with Crippen molar-refractivity contribution in [1.82, 2.24) is 20.9 Å². The zero-order valence-electron chi connectivity index (χ0n) is 28.8. The minimum absolute atomic E-state index is 0.000341. The fourth-order valence-electron chi connectivity index (χ4n) is 6.14. The third-order valence-corrected chi connectivity index (χ3v) is 11.1. The predicted molar refractivity (Wildman–Crippen MR) is 192 cm³/mol. The molecule has 0 fully saturated rings. The summed E-state index contributed by atoms with van der Waals surface area (Å²) in [7, 11) is -3.88. The molecule has 4 rings (SSSR count). The van der Waals surface area contributed by atoms with Gasteiger partial charge in [0.1, 0.15) is 17.7 Å². The average Bonchev–Trinajstić information content (AvgIpc) is 3.55. The number of nitrogens with one attached hydrogen (secondary N) is 4. The molecule has 0 bridgehead atoms. The highest BCUT2D eigenvalue weighted by atomic mass is 32.2. The van der Waals surface area contributed by atoms with Crippen LogP contribution in [-0.4, -0.2) is 66.1 Å². The van der Waals surface area contributed by atoms with E-state index in [0.717, 1.165) is 41.1 Å². The first-order valence-electron chi connectivity index (χ1n) is 17.2. The largest absolute Gasteiger partial charge is 0.390 e. The molecule has 0 aliphatic carbocycles. The number of amides is 2. The van der Waals surface area contributed by atoms with Gasteiger partial charge in [0.2, 0.25) is 5.91 Å². The van der Waals surface area contributed by atoms with Gasteiger partial charge in [-0.2, -0.15) is 0 Å². The van der Waals surface area contributed by atoms with Crippen LogP contribution in [0.25, 0.3) is 10.9 Å². The molecule has 2 amide bonds. The highest BCUT2D eigenvalue weighted by Crippen LogP contribution is 2.19. The Morgan fingerprint density at radius 2 is 1.56 bits per heavy atom. The third kappa shape index (κ3) is 10.9. The average molecular weight is 711 g/mol. The lowest BCUT2D eigenvalue weighted by Crippen LogP contribution is -2.57. The van der Waals surface area contributed by atoms with Crippen molar-refractivity contribution in [2.45, 2.75) is 89.3 Å². The number of benzene rings is 3. The van der Waals surface area contributed by atoms with Gasteiger partial charge in [0.15, 0.2) is 9.84 Å². The number of aromatic nitrogens is 1. The minimum atomic E-state index is -3.88. The molecule has 1 aromatic heterocycles. The number of carbonyl (C=O) groups excluding carboxylic acids is 2. The highest BCUT2D eigenvalue weighted by molar-refractivity contribution is 7.92. The number of fused-ring (bicyclic) bond motifs is 1. The zero-order chi connectivity index (χ0) is 36.3. The molecule has 12 heteroatoms. The Kier molecular flexibility index (Phi) is 14.1. The molecule has 3 atom stereocenters. The van der Waals surface area contributed by atoms with E-state index in [9.17, 15) is 31.9 Å². The second-order valence-electron chi connectivity index (χ2n) is 12.8. The quantitative estimate of drug-likeness (QED) is 0.0887. The molecule has 3 aromatic carbocycles. The van der Waals surface area contributed by atoms with Crippen molar-refractivity contribution in [3.63, 3.8) is 0 Å². The maximum atomic E-state index is 14.2. The second-order valence-corrected chi connectivity index (χ2v) is 15.1. The molecule has 0 spiro atoms. The Morgan fingerprint density at radius 1 is 0.860 bits per heavy atom. The van der Waals surface area contributed by atoms with Crippen molar-refractivity contribution in [3.8, 4) is 0 Å². The number of aryl methyl sites for hydroxylation is 1. The first kappa shape index (κ1) is 38.7. The molecule has 1 unspecified atom stereocenters. The van der Waals surface area contributed by atoms with E-state index in [0.29, 0.717) is 37.7 Å². The summed E-state index contributed by atoms with van der Waals surface area (Å²) in [5.41, 5.74) is 3.23. The van der Waals surface area contributed by atoms with Gasteiger partial charge in [0.25, 0.3) is 5.91 Å². The number of hydrogen-bond acceptors (Lipinski definition) is 6. The third-order valence-electron chi connectivity index (χ3n) is 8.82. The predicted octanol–water partition coefficient (Wildman–Crippen LogP) is 5.37. The van der Waals surface area contributed by atoms with Crippen LogP contribution in [-0.2, 0) is 34.0 Å². The van der Waals surface area contributed by atoms with Gasteiger partial charge in [-0.15, -0.1) is 0 Å². The monoisotopic (exact) mass is 710 g/mol. The smallest absolute Gasteiger partial charge is 0.252 e. The van der Waals surface area contributed by atoms with Gasteiger partial charge in [-0.1, -0.05) is 63.9 Å². The van der Waals surface area contributed by atoms with E-state index in [4.69, 9.17) is 0 Å². The number of aliphatic hydroxyl groups is 1. The van der Waals surface area contributed by atoms with Crippen LogP contribution >= 0.6 is 0 Å². The lowest BCUT2D eigenvalue weighted by Gasteiger charge is -2.28. The van der Waals surface area contributed by atoms with Crippen LogP contribution in [0.3, 0.4) is 0 Å². The van der Waals surface area contributed by atoms with Crippen LogP contribution in [0.5, 0.6) is 0 Å². The molecule has 0 aliphatic heterocycles. The number of H-pyrrole nitrogens is 1. The topological polar surface area (TPSA) is 140 Å². The number of aliphatic hydroxyl groups excluding tert-OH is 1. The molecule has 270 valence electrons. The molecular weight excluding hydrogens is 663 g/mol. The van der Waals surface area contributed by atoms with Crippen molar-refractivity contribution >= 4 is 32.6 Å². The first-order valence-corrected chi connectivity index (χ1v) is 18.9. The Balaban J connectivity index is 1.60. The molecule has 0 saturated heterocycles. The van der Waals surface area contributed by atoms with E-state index in [1.165, 1.54) is 0 Å². The van der Waals surface area contributed by atoms with Gasteiger partial charge < -0.3 is 26.0 Å². The lowest BCUT2D eigenvalue weighted by atomic mass is 10.00. The first-order chi connectivity index (χ1) is 23.9. The van der Waals surface area contributed by atoms with E-state index in [1.54, 1.807) is 24.4 Å². The Bertz CT molecular complexity index is 1820. The molecule has 4 aromatic rings. The molecule has 50 heavy (non-hydrogen) atoms. The molecule has 1 heterocycles. The summed E-state index contributed by atoms with van der Waals surface area (Å²) in [6.07, 6.45) is 3.22.